The summed E-state index contributed by atoms with van der Waals surface area (Å²) in [5.74, 6) is 2.70. The van der Waals surface area contributed by atoms with E-state index in [9.17, 15) is 0 Å². The maximum Gasteiger partial charge on any atom is 0.164 e. The van der Waals surface area contributed by atoms with Crippen molar-refractivity contribution in [1.82, 2.24) is 0 Å². The molecule has 0 radical (unpaired) electrons. The molecule has 0 aromatic heterocycles. The summed E-state index contributed by atoms with van der Waals surface area (Å²) >= 11 is 0. The SMILES string of the molecule is COc1cccc2c1OCCCC2C(C)CN. The van der Waals surface area contributed by atoms with E-state index in [-0.39, 0.29) is 0 Å². The molecule has 17 heavy (non-hydrogen) atoms. The number of para-hydroxylation sites is 1. The van der Waals surface area contributed by atoms with Crippen LogP contribution in [0.15, 0.2) is 18.2 Å². The molecular weight excluding hydrogens is 214 g/mol. The minimum atomic E-state index is 0.475. The van der Waals surface area contributed by atoms with Crippen molar-refractivity contribution in [3.05, 3.63) is 23.8 Å². The molecule has 0 saturated heterocycles. The van der Waals surface area contributed by atoms with Gasteiger partial charge in [0.15, 0.2) is 11.5 Å². The maximum absolute atomic E-state index is 5.83. The number of ether oxygens (including phenoxy) is 2. The second kappa shape index (κ2) is 5.41. The van der Waals surface area contributed by atoms with Crippen molar-refractivity contribution in [3.63, 3.8) is 0 Å². The molecule has 0 bridgehead atoms. The summed E-state index contributed by atoms with van der Waals surface area (Å²) in [5, 5.41) is 0. The minimum absolute atomic E-state index is 0.475. The Morgan fingerprint density at radius 2 is 2.35 bits per heavy atom. The molecule has 1 aromatic rings. The summed E-state index contributed by atoms with van der Waals surface area (Å²) in [6, 6.07) is 6.12. The maximum atomic E-state index is 5.83. The molecule has 3 heteroatoms. The fourth-order valence-corrected chi connectivity index (χ4v) is 2.53. The Morgan fingerprint density at radius 1 is 1.53 bits per heavy atom. The van der Waals surface area contributed by atoms with E-state index in [0.29, 0.717) is 18.4 Å². The number of hydrogen-bond acceptors (Lipinski definition) is 3. The molecule has 3 nitrogen and oxygen atoms in total. The fourth-order valence-electron chi connectivity index (χ4n) is 2.53. The molecular formula is C14H21NO2. The summed E-state index contributed by atoms with van der Waals surface area (Å²) in [6.07, 6.45) is 2.21. The topological polar surface area (TPSA) is 44.5 Å². The summed E-state index contributed by atoms with van der Waals surface area (Å²) in [5.41, 5.74) is 7.06. The monoisotopic (exact) mass is 235 g/mol. The average molecular weight is 235 g/mol. The van der Waals surface area contributed by atoms with E-state index in [4.69, 9.17) is 15.2 Å². The van der Waals surface area contributed by atoms with Gasteiger partial charge in [0.2, 0.25) is 0 Å². The quantitative estimate of drug-likeness (QED) is 0.875. The van der Waals surface area contributed by atoms with Crippen molar-refractivity contribution >= 4 is 0 Å². The normalized spacial score (nSPS) is 21.0. The minimum Gasteiger partial charge on any atom is -0.493 e. The molecule has 0 aliphatic carbocycles. The van der Waals surface area contributed by atoms with Crippen LogP contribution in [0.5, 0.6) is 11.5 Å². The Hall–Kier alpha value is -1.22. The summed E-state index contributed by atoms with van der Waals surface area (Å²) < 4.78 is 11.2. The number of nitrogens with two attached hydrogens (primary N) is 1. The van der Waals surface area contributed by atoms with Crippen molar-refractivity contribution in [1.29, 1.82) is 0 Å². The molecule has 94 valence electrons. The predicted octanol–water partition coefficient (Wildman–Crippen LogP) is 2.55. The molecule has 2 N–H and O–H groups in total. The summed E-state index contributed by atoms with van der Waals surface area (Å²) in [6.45, 7) is 3.68. The molecule has 2 unspecified atom stereocenters. The van der Waals surface area contributed by atoms with Gasteiger partial charge in [0, 0.05) is 5.56 Å². The van der Waals surface area contributed by atoms with Crippen LogP contribution in [0.2, 0.25) is 0 Å². The van der Waals surface area contributed by atoms with Crippen LogP contribution in [-0.2, 0) is 0 Å². The van der Waals surface area contributed by atoms with Crippen LogP contribution < -0.4 is 15.2 Å². The fraction of sp³-hybridized carbons (Fsp3) is 0.571. The van der Waals surface area contributed by atoms with Crippen LogP contribution in [0.25, 0.3) is 0 Å². The zero-order valence-corrected chi connectivity index (χ0v) is 10.6. The molecule has 2 rings (SSSR count). The van der Waals surface area contributed by atoms with Crippen LogP contribution in [-0.4, -0.2) is 20.3 Å². The first-order chi connectivity index (χ1) is 8.27. The Kier molecular flexibility index (Phi) is 3.89. The Labute approximate surface area is 103 Å². The van der Waals surface area contributed by atoms with Gasteiger partial charge in [-0.1, -0.05) is 19.1 Å². The first kappa shape index (κ1) is 12.2. The number of methoxy groups -OCH3 is 1. The van der Waals surface area contributed by atoms with Gasteiger partial charge in [-0.25, -0.2) is 0 Å². The summed E-state index contributed by atoms with van der Waals surface area (Å²) in [7, 11) is 1.69. The van der Waals surface area contributed by atoms with Gasteiger partial charge >= 0.3 is 0 Å². The first-order valence-corrected chi connectivity index (χ1v) is 6.27. The van der Waals surface area contributed by atoms with E-state index in [1.54, 1.807) is 7.11 Å². The van der Waals surface area contributed by atoms with Crippen molar-refractivity contribution in [2.24, 2.45) is 11.7 Å². The van der Waals surface area contributed by atoms with Gasteiger partial charge in [0.05, 0.1) is 13.7 Å². The molecule has 0 amide bonds. The zero-order valence-electron chi connectivity index (χ0n) is 10.6. The number of benzene rings is 1. The number of rotatable bonds is 3. The van der Waals surface area contributed by atoms with Crippen LogP contribution >= 0.6 is 0 Å². The second-order valence-electron chi connectivity index (χ2n) is 4.69. The van der Waals surface area contributed by atoms with Gasteiger partial charge in [-0.2, -0.15) is 0 Å². The lowest BCUT2D eigenvalue weighted by molar-refractivity contribution is 0.293. The highest BCUT2D eigenvalue weighted by atomic mass is 16.5. The molecule has 1 aliphatic heterocycles. The molecule has 0 saturated carbocycles. The third kappa shape index (κ3) is 2.39. The zero-order chi connectivity index (χ0) is 12.3. The standard InChI is InChI=1S/C14H21NO2/c1-10(9-15)11-6-4-8-17-14-12(11)5-3-7-13(14)16-2/h3,5,7,10-11H,4,6,8-9,15H2,1-2H3. The van der Waals surface area contributed by atoms with E-state index in [2.05, 4.69) is 13.0 Å². The molecule has 2 atom stereocenters. The molecule has 1 aromatic carbocycles. The highest BCUT2D eigenvalue weighted by molar-refractivity contribution is 5.49. The van der Waals surface area contributed by atoms with Crippen LogP contribution in [0.4, 0.5) is 0 Å². The third-order valence-corrected chi connectivity index (χ3v) is 3.59. The molecule has 0 spiro atoms. The van der Waals surface area contributed by atoms with Gasteiger partial charge in [-0.3, -0.25) is 0 Å². The largest absolute Gasteiger partial charge is 0.493 e. The van der Waals surface area contributed by atoms with E-state index in [0.717, 1.165) is 30.9 Å². The number of fused-ring (bicyclic) bond motifs is 1. The first-order valence-electron chi connectivity index (χ1n) is 6.27. The Bertz CT molecular complexity index is 378. The third-order valence-electron chi connectivity index (χ3n) is 3.59. The van der Waals surface area contributed by atoms with Crippen LogP contribution in [0.3, 0.4) is 0 Å². The molecule has 0 fully saturated rings. The lowest BCUT2D eigenvalue weighted by Crippen LogP contribution is -2.19. The smallest absolute Gasteiger partial charge is 0.164 e. The summed E-state index contributed by atoms with van der Waals surface area (Å²) in [4.78, 5) is 0. The van der Waals surface area contributed by atoms with Crippen molar-refractivity contribution < 1.29 is 9.47 Å². The van der Waals surface area contributed by atoms with E-state index in [1.807, 2.05) is 12.1 Å². The van der Waals surface area contributed by atoms with E-state index >= 15 is 0 Å². The second-order valence-corrected chi connectivity index (χ2v) is 4.69. The highest BCUT2D eigenvalue weighted by Gasteiger charge is 2.26. The van der Waals surface area contributed by atoms with Gasteiger partial charge in [-0.15, -0.1) is 0 Å². The van der Waals surface area contributed by atoms with Crippen molar-refractivity contribution in [3.8, 4) is 11.5 Å². The van der Waals surface area contributed by atoms with Crippen molar-refractivity contribution in [2.45, 2.75) is 25.7 Å². The van der Waals surface area contributed by atoms with Crippen LogP contribution in [0.1, 0.15) is 31.2 Å². The average Bonchev–Trinajstić information content (AvgIpc) is 2.59. The van der Waals surface area contributed by atoms with Gasteiger partial charge in [-0.05, 0) is 37.3 Å². The lowest BCUT2D eigenvalue weighted by Gasteiger charge is -2.23. The van der Waals surface area contributed by atoms with Gasteiger partial charge in [0.1, 0.15) is 0 Å². The van der Waals surface area contributed by atoms with Crippen LogP contribution in [0, 0.1) is 5.92 Å². The van der Waals surface area contributed by atoms with Gasteiger partial charge < -0.3 is 15.2 Å². The molecule has 1 aliphatic rings. The Balaban J connectivity index is 2.42. The van der Waals surface area contributed by atoms with E-state index in [1.165, 1.54) is 5.56 Å². The highest BCUT2D eigenvalue weighted by Crippen LogP contribution is 2.42. The van der Waals surface area contributed by atoms with E-state index < -0.39 is 0 Å². The predicted molar refractivity (Wildman–Crippen MR) is 68.7 cm³/mol. The number of hydrogen-bond donors (Lipinski definition) is 1. The lowest BCUT2D eigenvalue weighted by atomic mass is 9.83. The van der Waals surface area contributed by atoms with Crippen molar-refractivity contribution in [2.75, 3.05) is 20.3 Å². The molecule has 1 heterocycles. The van der Waals surface area contributed by atoms with Gasteiger partial charge in [0.25, 0.3) is 0 Å². The Morgan fingerprint density at radius 3 is 3.06 bits per heavy atom.